The Morgan fingerprint density at radius 2 is 1.83 bits per heavy atom. The molecule has 0 saturated heterocycles. The Bertz CT molecular complexity index is 689. The first-order valence-electron chi connectivity index (χ1n) is 7.92. The number of amides is 1. The maximum absolute atomic E-state index is 12.7. The third-order valence-corrected chi connectivity index (χ3v) is 4.43. The largest absolute Gasteiger partial charge is 0.391 e. The Hall–Kier alpha value is -2.31. The number of benzene rings is 1. The van der Waals surface area contributed by atoms with Gasteiger partial charge in [-0.2, -0.15) is 18.3 Å². The van der Waals surface area contributed by atoms with Gasteiger partial charge in [0.05, 0.1) is 17.2 Å². The summed E-state index contributed by atoms with van der Waals surface area (Å²) in [5.74, 6) is -1.53. The molecule has 1 fully saturated rings. The van der Waals surface area contributed by atoms with Crippen LogP contribution < -0.4 is 5.32 Å². The summed E-state index contributed by atoms with van der Waals surface area (Å²) in [5.41, 5.74) is 1.10. The fourth-order valence-corrected chi connectivity index (χ4v) is 3.10. The molecule has 2 aromatic rings. The summed E-state index contributed by atoms with van der Waals surface area (Å²) in [7, 11) is 0. The van der Waals surface area contributed by atoms with Crippen molar-refractivity contribution < 1.29 is 18.0 Å². The number of para-hydroxylation sites is 1. The first kappa shape index (κ1) is 16.5. The van der Waals surface area contributed by atoms with Gasteiger partial charge >= 0.3 is 6.18 Å². The molecule has 0 radical (unpaired) electrons. The van der Waals surface area contributed by atoms with E-state index < -0.39 is 12.1 Å². The van der Waals surface area contributed by atoms with Crippen LogP contribution >= 0.6 is 0 Å². The normalized spacial score (nSPS) is 21.5. The average molecular weight is 337 g/mol. The van der Waals surface area contributed by atoms with Crippen molar-refractivity contribution in [1.82, 2.24) is 15.1 Å². The highest BCUT2D eigenvalue weighted by Gasteiger charge is 2.41. The van der Waals surface area contributed by atoms with Gasteiger partial charge in [-0.3, -0.25) is 4.79 Å². The highest BCUT2D eigenvalue weighted by Crippen LogP contribution is 2.37. The van der Waals surface area contributed by atoms with Gasteiger partial charge in [0.1, 0.15) is 0 Å². The number of aromatic nitrogens is 2. The van der Waals surface area contributed by atoms with E-state index >= 15 is 0 Å². The SMILES string of the molecule is O=C(NC1CCC(C(F)(F)F)CC1)c1ccccc1-n1cccn1. The first-order valence-corrected chi connectivity index (χ1v) is 7.92. The number of carbonyl (C=O) groups is 1. The van der Waals surface area contributed by atoms with Crippen molar-refractivity contribution in [2.75, 3.05) is 0 Å². The molecular weight excluding hydrogens is 319 g/mol. The number of carbonyl (C=O) groups excluding carboxylic acids is 1. The highest BCUT2D eigenvalue weighted by molar-refractivity contribution is 5.97. The van der Waals surface area contributed by atoms with Gasteiger partial charge in [0.15, 0.2) is 0 Å². The Labute approximate surface area is 137 Å². The summed E-state index contributed by atoms with van der Waals surface area (Å²) in [6.45, 7) is 0. The van der Waals surface area contributed by atoms with E-state index in [2.05, 4.69) is 10.4 Å². The first-order chi connectivity index (χ1) is 11.4. The van der Waals surface area contributed by atoms with Gasteiger partial charge in [-0.1, -0.05) is 12.1 Å². The van der Waals surface area contributed by atoms with Crippen LogP contribution in [0, 0.1) is 5.92 Å². The minimum Gasteiger partial charge on any atom is -0.349 e. The molecule has 1 N–H and O–H groups in total. The van der Waals surface area contributed by atoms with Crippen LogP contribution in [-0.2, 0) is 0 Å². The Balaban J connectivity index is 1.67. The number of nitrogens with zero attached hydrogens (tertiary/aromatic N) is 2. The molecule has 1 aliphatic carbocycles. The molecule has 1 aromatic carbocycles. The third-order valence-electron chi connectivity index (χ3n) is 4.43. The smallest absolute Gasteiger partial charge is 0.349 e. The Kier molecular flexibility index (Phi) is 4.59. The highest BCUT2D eigenvalue weighted by atomic mass is 19.4. The summed E-state index contributed by atoms with van der Waals surface area (Å²) in [4.78, 5) is 12.5. The van der Waals surface area contributed by atoms with E-state index in [-0.39, 0.29) is 24.8 Å². The van der Waals surface area contributed by atoms with E-state index in [4.69, 9.17) is 0 Å². The van der Waals surface area contributed by atoms with Crippen molar-refractivity contribution in [3.8, 4) is 5.69 Å². The number of halogens is 3. The molecule has 0 unspecified atom stereocenters. The predicted molar refractivity (Wildman–Crippen MR) is 82.8 cm³/mol. The molecule has 0 spiro atoms. The van der Waals surface area contributed by atoms with Crippen molar-refractivity contribution in [2.24, 2.45) is 5.92 Å². The van der Waals surface area contributed by atoms with E-state index in [0.29, 0.717) is 24.1 Å². The quantitative estimate of drug-likeness (QED) is 0.928. The minimum absolute atomic E-state index is 0.0647. The number of hydrogen-bond acceptors (Lipinski definition) is 2. The Morgan fingerprint density at radius 3 is 2.46 bits per heavy atom. The zero-order valence-electron chi connectivity index (χ0n) is 13.0. The van der Waals surface area contributed by atoms with Crippen LogP contribution in [0.2, 0.25) is 0 Å². The second kappa shape index (κ2) is 6.67. The van der Waals surface area contributed by atoms with Crippen molar-refractivity contribution >= 4 is 5.91 Å². The lowest BCUT2D eigenvalue weighted by molar-refractivity contribution is -0.182. The molecule has 0 atom stereocenters. The summed E-state index contributed by atoms with van der Waals surface area (Å²) in [6, 6.07) is 8.57. The van der Waals surface area contributed by atoms with Crippen molar-refractivity contribution in [3.05, 3.63) is 48.3 Å². The molecule has 24 heavy (non-hydrogen) atoms. The zero-order chi connectivity index (χ0) is 17.2. The molecule has 1 aromatic heterocycles. The van der Waals surface area contributed by atoms with Crippen molar-refractivity contribution in [3.63, 3.8) is 0 Å². The lowest BCUT2D eigenvalue weighted by atomic mass is 9.85. The third kappa shape index (κ3) is 3.60. The van der Waals surface area contributed by atoms with Gasteiger partial charge in [0.2, 0.25) is 0 Å². The van der Waals surface area contributed by atoms with Crippen LogP contribution in [0.5, 0.6) is 0 Å². The summed E-state index contributed by atoms with van der Waals surface area (Å²) >= 11 is 0. The van der Waals surface area contributed by atoms with Gasteiger partial charge in [0, 0.05) is 18.4 Å². The fourth-order valence-electron chi connectivity index (χ4n) is 3.10. The minimum atomic E-state index is -4.14. The van der Waals surface area contributed by atoms with Crippen LogP contribution in [-0.4, -0.2) is 27.9 Å². The molecule has 1 aliphatic rings. The maximum Gasteiger partial charge on any atom is 0.391 e. The van der Waals surface area contributed by atoms with Crippen LogP contribution in [0.1, 0.15) is 36.0 Å². The van der Waals surface area contributed by atoms with E-state index in [1.807, 2.05) is 6.07 Å². The van der Waals surface area contributed by atoms with Gasteiger partial charge in [-0.15, -0.1) is 0 Å². The van der Waals surface area contributed by atoms with Crippen LogP contribution in [0.25, 0.3) is 5.69 Å². The average Bonchev–Trinajstić information content (AvgIpc) is 3.09. The summed E-state index contributed by atoms with van der Waals surface area (Å²) in [6.07, 6.45) is 0.0413. The molecule has 3 rings (SSSR count). The molecular formula is C17H18F3N3O. The molecule has 128 valence electrons. The van der Waals surface area contributed by atoms with Gasteiger partial charge < -0.3 is 5.32 Å². The van der Waals surface area contributed by atoms with Crippen molar-refractivity contribution in [2.45, 2.75) is 37.9 Å². The predicted octanol–water partition coefficient (Wildman–Crippen LogP) is 3.72. The standard InChI is InChI=1S/C17H18F3N3O/c18-17(19,20)12-6-8-13(9-7-12)22-16(24)14-4-1-2-5-15(14)23-11-3-10-21-23/h1-5,10-13H,6-9H2,(H,22,24). The second-order valence-corrected chi connectivity index (χ2v) is 6.03. The van der Waals surface area contributed by atoms with Crippen LogP contribution in [0.15, 0.2) is 42.7 Å². The number of alkyl halides is 3. The van der Waals surface area contributed by atoms with Crippen LogP contribution in [0.3, 0.4) is 0 Å². The summed E-state index contributed by atoms with van der Waals surface area (Å²) in [5, 5.41) is 6.99. The lowest BCUT2D eigenvalue weighted by Gasteiger charge is -2.30. The zero-order valence-corrected chi connectivity index (χ0v) is 13.0. The van der Waals surface area contributed by atoms with E-state index in [9.17, 15) is 18.0 Å². The molecule has 1 saturated carbocycles. The molecule has 0 aliphatic heterocycles. The molecule has 7 heteroatoms. The maximum atomic E-state index is 12.7. The van der Waals surface area contributed by atoms with Gasteiger partial charge in [-0.05, 0) is 43.9 Å². The van der Waals surface area contributed by atoms with E-state index in [1.165, 1.54) is 0 Å². The monoisotopic (exact) mass is 337 g/mol. The number of rotatable bonds is 3. The lowest BCUT2D eigenvalue weighted by Crippen LogP contribution is -2.40. The summed E-state index contributed by atoms with van der Waals surface area (Å²) < 4.78 is 39.7. The van der Waals surface area contributed by atoms with Gasteiger partial charge in [0.25, 0.3) is 5.91 Å². The van der Waals surface area contributed by atoms with Gasteiger partial charge in [-0.25, -0.2) is 4.68 Å². The number of nitrogens with one attached hydrogen (secondary N) is 1. The second-order valence-electron chi connectivity index (χ2n) is 6.03. The van der Waals surface area contributed by atoms with Crippen LogP contribution in [0.4, 0.5) is 13.2 Å². The van der Waals surface area contributed by atoms with E-state index in [0.717, 1.165) is 0 Å². The van der Waals surface area contributed by atoms with E-state index in [1.54, 1.807) is 41.3 Å². The van der Waals surface area contributed by atoms with Crippen molar-refractivity contribution in [1.29, 1.82) is 0 Å². The molecule has 0 bridgehead atoms. The topological polar surface area (TPSA) is 46.9 Å². The Morgan fingerprint density at radius 1 is 1.12 bits per heavy atom. The fraction of sp³-hybridized carbons (Fsp3) is 0.412. The molecule has 4 nitrogen and oxygen atoms in total. The molecule has 1 heterocycles. The molecule has 1 amide bonds. The number of hydrogen-bond donors (Lipinski definition) is 1.